The third-order valence-electron chi connectivity index (χ3n) is 3.48. The van der Waals surface area contributed by atoms with Crippen molar-refractivity contribution in [2.75, 3.05) is 5.32 Å². The van der Waals surface area contributed by atoms with E-state index in [-0.39, 0.29) is 10.6 Å². The van der Waals surface area contributed by atoms with Crippen LogP contribution in [0.1, 0.15) is 39.0 Å². The molecule has 1 fully saturated rings. The fourth-order valence-electron chi connectivity index (χ4n) is 2.37. The molecule has 0 saturated heterocycles. The van der Waals surface area contributed by atoms with E-state index in [9.17, 15) is 4.79 Å². The Morgan fingerprint density at radius 2 is 2.18 bits per heavy atom. The van der Waals surface area contributed by atoms with E-state index in [0.717, 1.165) is 6.42 Å². The highest BCUT2D eigenvalue weighted by molar-refractivity contribution is 6.32. The van der Waals surface area contributed by atoms with Crippen LogP contribution in [0.15, 0.2) is 11.1 Å². The fourth-order valence-corrected chi connectivity index (χ4v) is 2.52. The zero-order chi connectivity index (χ0) is 12.3. The second kappa shape index (κ2) is 5.54. The van der Waals surface area contributed by atoms with Gasteiger partial charge in [0.05, 0.1) is 6.33 Å². The highest BCUT2D eigenvalue weighted by atomic mass is 35.5. The van der Waals surface area contributed by atoms with Crippen LogP contribution >= 0.6 is 11.6 Å². The first kappa shape index (κ1) is 12.4. The number of halogens is 1. The number of aromatic nitrogens is 2. The second-order valence-electron chi connectivity index (χ2n) is 4.76. The van der Waals surface area contributed by atoms with E-state index in [1.165, 1.54) is 32.0 Å². The first-order valence-corrected chi connectivity index (χ1v) is 6.56. The molecular weight excluding hydrogens is 238 g/mol. The molecule has 1 heterocycles. The molecule has 0 spiro atoms. The van der Waals surface area contributed by atoms with Gasteiger partial charge in [0.15, 0.2) is 5.82 Å². The number of rotatable bonds is 2. The Bertz CT molecular complexity index is 432. The lowest BCUT2D eigenvalue weighted by atomic mass is 9.97. The summed E-state index contributed by atoms with van der Waals surface area (Å²) in [6, 6.07) is 0.365. The number of hydrogen-bond acceptors (Lipinski definition) is 3. The van der Waals surface area contributed by atoms with E-state index in [0.29, 0.717) is 17.8 Å². The Morgan fingerprint density at radius 1 is 1.41 bits per heavy atom. The second-order valence-corrected chi connectivity index (χ2v) is 5.14. The van der Waals surface area contributed by atoms with Crippen LogP contribution in [-0.2, 0) is 0 Å². The Hall–Kier alpha value is -1.03. The summed E-state index contributed by atoms with van der Waals surface area (Å²) in [5.74, 6) is 1.10. The SMILES string of the molecule is CC1CCCCCC1Nc1nc[nH]c(=O)c1Cl. The summed E-state index contributed by atoms with van der Waals surface area (Å²) in [5.41, 5.74) is -0.287. The maximum atomic E-state index is 11.4. The van der Waals surface area contributed by atoms with Crippen molar-refractivity contribution in [1.82, 2.24) is 9.97 Å². The molecule has 0 aromatic carbocycles. The molecule has 1 aromatic rings. The molecule has 1 aromatic heterocycles. The van der Waals surface area contributed by atoms with Gasteiger partial charge >= 0.3 is 0 Å². The van der Waals surface area contributed by atoms with Gasteiger partial charge in [0, 0.05) is 6.04 Å². The van der Waals surface area contributed by atoms with Crippen LogP contribution in [0.2, 0.25) is 5.02 Å². The highest BCUT2D eigenvalue weighted by Gasteiger charge is 2.21. The van der Waals surface area contributed by atoms with Crippen molar-refractivity contribution in [3.8, 4) is 0 Å². The zero-order valence-electron chi connectivity index (χ0n) is 10.0. The topological polar surface area (TPSA) is 57.8 Å². The predicted octanol–water partition coefficient (Wildman–Crippen LogP) is 2.80. The van der Waals surface area contributed by atoms with Gasteiger partial charge in [0.25, 0.3) is 5.56 Å². The molecule has 17 heavy (non-hydrogen) atoms. The van der Waals surface area contributed by atoms with Gasteiger partial charge < -0.3 is 10.3 Å². The van der Waals surface area contributed by atoms with Crippen LogP contribution in [0.4, 0.5) is 5.82 Å². The fraction of sp³-hybridized carbons (Fsp3) is 0.667. The lowest BCUT2D eigenvalue weighted by Gasteiger charge is -2.23. The summed E-state index contributed by atoms with van der Waals surface area (Å²) in [5, 5.41) is 3.47. The van der Waals surface area contributed by atoms with Crippen LogP contribution in [0.5, 0.6) is 0 Å². The molecule has 5 heteroatoms. The lowest BCUT2D eigenvalue weighted by molar-refractivity contribution is 0.455. The van der Waals surface area contributed by atoms with Crippen LogP contribution in [0, 0.1) is 5.92 Å². The minimum atomic E-state index is -0.287. The van der Waals surface area contributed by atoms with Crippen LogP contribution < -0.4 is 10.9 Å². The molecule has 1 aliphatic carbocycles. The number of H-pyrrole nitrogens is 1. The van der Waals surface area contributed by atoms with Crippen LogP contribution in [0.25, 0.3) is 0 Å². The molecule has 0 radical (unpaired) electrons. The smallest absolute Gasteiger partial charge is 0.271 e. The summed E-state index contributed by atoms with van der Waals surface area (Å²) in [4.78, 5) is 17.9. The van der Waals surface area contributed by atoms with Gasteiger partial charge in [0.1, 0.15) is 5.02 Å². The number of nitrogens with one attached hydrogen (secondary N) is 2. The highest BCUT2D eigenvalue weighted by Crippen LogP contribution is 2.26. The van der Waals surface area contributed by atoms with Gasteiger partial charge in [0.2, 0.25) is 0 Å². The number of anilines is 1. The zero-order valence-corrected chi connectivity index (χ0v) is 10.8. The van der Waals surface area contributed by atoms with Gasteiger partial charge in [-0.1, -0.05) is 37.8 Å². The molecule has 1 saturated carbocycles. The van der Waals surface area contributed by atoms with E-state index in [1.807, 2.05) is 0 Å². The van der Waals surface area contributed by atoms with Gasteiger partial charge in [-0.25, -0.2) is 4.98 Å². The largest absolute Gasteiger partial charge is 0.366 e. The summed E-state index contributed by atoms with van der Waals surface area (Å²) in [7, 11) is 0. The Balaban J connectivity index is 2.13. The number of hydrogen-bond donors (Lipinski definition) is 2. The number of nitrogens with zero attached hydrogens (tertiary/aromatic N) is 1. The van der Waals surface area contributed by atoms with E-state index in [1.54, 1.807) is 0 Å². The maximum Gasteiger partial charge on any atom is 0.271 e. The molecule has 0 amide bonds. The van der Waals surface area contributed by atoms with Crippen molar-refractivity contribution in [3.05, 3.63) is 21.7 Å². The summed E-state index contributed by atoms with van der Waals surface area (Å²) in [6.45, 7) is 2.24. The summed E-state index contributed by atoms with van der Waals surface area (Å²) >= 11 is 5.93. The molecular formula is C12H18ClN3O. The van der Waals surface area contributed by atoms with Crippen molar-refractivity contribution in [2.45, 2.75) is 45.1 Å². The minimum Gasteiger partial charge on any atom is -0.366 e. The molecule has 2 N–H and O–H groups in total. The summed E-state index contributed by atoms with van der Waals surface area (Å²) in [6.07, 6.45) is 7.53. The van der Waals surface area contributed by atoms with Gasteiger partial charge in [-0.15, -0.1) is 0 Å². The molecule has 0 aliphatic heterocycles. The van der Waals surface area contributed by atoms with Gasteiger partial charge in [-0.3, -0.25) is 4.79 Å². The average Bonchev–Trinajstić information content (AvgIpc) is 2.51. The molecule has 2 atom stereocenters. The molecule has 2 rings (SSSR count). The normalized spacial score (nSPS) is 25.3. The maximum absolute atomic E-state index is 11.4. The van der Waals surface area contributed by atoms with Crippen molar-refractivity contribution in [2.24, 2.45) is 5.92 Å². The third kappa shape index (κ3) is 3.00. The van der Waals surface area contributed by atoms with Gasteiger partial charge in [-0.05, 0) is 18.8 Å². The molecule has 0 bridgehead atoms. The molecule has 4 nitrogen and oxygen atoms in total. The minimum absolute atomic E-state index is 0.156. The molecule has 2 unspecified atom stereocenters. The number of aromatic amines is 1. The van der Waals surface area contributed by atoms with Crippen LogP contribution in [-0.4, -0.2) is 16.0 Å². The molecule has 1 aliphatic rings. The lowest BCUT2D eigenvalue weighted by Crippen LogP contribution is -2.28. The average molecular weight is 256 g/mol. The van der Waals surface area contributed by atoms with Gasteiger partial charge in [-0.2, -0.15) is 0 Å². The van der Waals surface area contributed by atoms with Crippen molar-refractivity contribution in [1.29, 1.82) is 0 Å². The van der Waals surface area contributed by atoms with E-state index in [2.05, 4.69) is 22.2 Å². The van der Waals surface area contributed by atoms with Crippen molar-refractivity contribution in [3.63, 3.8) is 0 Å². The first-order valence-electron chi connectivity index (χ1n) is 6.18. The Labute approximate surface area is 106 Å². The monoisotopic (exact) mass is 255 g/mol. The van der Waals surface area contributed by atoms with E-state index in [4.69, 9.17) is 11.6 Å². The van der Waals surface area contributed by atoms with Crippen LogP contribution in [0.3, 0.4) is 0 Å². The molecule has 94 valence electrons. The third-order valence-corrected chi connectivity index (χ3v) is 3.83. The first-order chi connectivity index (χ1) is 8.18. The van der Waals surface area contributed by atoms with Crippen molar-refractivity contribution >= 4 is 17.4 Å². The quantitative estimate of drug-likeness (QED) is 0.799. The standard InChI is InChI=1S/C12H18ClN3O/c1-8-5-3-2-4-6-9(8)16-11-10(13)12(17)15-7-14-11/h7-9H,2-6H2,1H3,(H2,14,15,16,17). The summed E-state index contributed by atoms with van der Waals surface area (Å²) < 4.78 is 0. The predicted molar refractivity (Wildman–Crippen MR) is 69.5 cm³/mol. The van der Waals surface area contributed by atoms with Crippen molar-refractivity contribution < 1.29 is 0 Å². The van der Waals surface area contributed by atoms with E-state index >= 15 is 0 Å². The Morgan fingerprint density at radius 3 is 3.00 bits per heavy atom. The van der Waals surface area contributed by atoms with E-state index < -0.39 is 0 Å². The Kier molecular flexibility index (Phi) is 4.05.